The fraction of sp³-hybridized carbons (Fsp3) is 0.458. The quantitative estimate of drug-likeness (QED) is 0.408. The molecule has 0 atom stereocenters. The van der Waals surface area contributed by atoms with Crippen molar-refractivity contribution in [2.45, 2.75) is 65.0 Å². The first-order chi connectivity index (χ1) is 14.2. The summed E-state index contributed by atoms with van der Waals surface area (Å²) in [7, 11) is 1.83. The topological polar surface area (TPSA) is 51.0 Å². The lowest BCUT2D eigenvalue weighted by molar-refractivity contribution is 0.0779. The maximum Gasteiger partial charge on any atom is 0.255 e. The Kier molecular flexibility index (Phi) is 7.79. The highest BCUT2D eigenvalue weighted by molar-refractivity contribution is 5.93. The van der Waals surface area contributed by atoms with Crippen molar-refractivity contribution in [1.82, 2.24) is 19.4 Å². The van der Waals surface area contributed by atoms with Crippen LogP contribution in [-0.4, -0.2) is 32.4 Å². The zero-order chi connectivity index (χ0) is 20.5. The minimum atomic E-state index is -0.0346. The van der Waals surface area contributed by atoms with Gasteiger partial charge in [-0.15, -0.1) is 0 Å². The Bertz CT molecular complexity index is 904. The predicted octanol–water partition coefficient (Wildman–Crippen LogP) is 5.45. The van der Waals surface area contributed by atoms with Crippen LogP contribution in [0.1, 0.15) is 68.1 Å². The third-order valence-electron chi connectivity index (χ3n) is 5.35. The summed E-state index contributed by atoms with van der Waals surface area (Å²) in [5.41, 5.74) is 2.74. The number of fused-ring (bicyclic) bond motifs is 1. The van der Waals surface area contributed by atoms with Gasteiger partial charge in [-0.1, -0.05) is 57.6 Å². The van der Waals surface area contributed by atoms with E-state index in [9.17, 15) is 4.79 Å². The molecule has 0 radical (unpaired) electrons. The summed E-state index contributed by atoms with van der Waals surface area (Å²) in [6.45, 7) is 3.68. The molecule has 1 aromatic carbocycles. The van der Waals surface area contributed by atoms with E-state index in [-0.39, 0.29) is 5.91 Å². The van der Waals surface area contributed by atoms with Gasteiger partial charge < -0.3 is 9.47 Å². The van der Waals surface area contributed by atoms with Gasteiger partial charge >= 0.3 is 0 Å². The second kappa shape index (κ2) is 10.7. The highest BCUT2D eigenvalue weighted by Crippen LogP contribution is 2.19. The molecule has 0 aliphatic rings. The first kappa shape index (κ1) is 21.0. The van der Waals surface area contributed by atoms with Crippen molar-refractivity contribution < 1.29 is 4.79 Å². The number of pyridine rings is 1. The first-order valence-corrected chi connectivity index (χ1v) is 10.8. The van der Waals surface area contributed by atoms with E-state index < -0.39 is 0 Å². The number of aromatic nitrogens is 3. The van der Waals surface area contributed by atoms with Gasteiger partial charge in [-0.2, -0.15) is 0 Å². The summed E-state index contributed by atoms with van der Waals surface area (Å²) in [6.07, 6.45) is 12.3. The molecule has 5 heteroatoms. The number of rotatable bonds is 11. The van der Waals surface area contributed by atoms with Crippen LogP contribution >= 0.6 is 0 Å². The Morgan fingerprint density at radius 3 is 2.52 bits per heavy atom. The minimum absolute atomic E-state index is 0.0346. The minimum Gasteiger partial charge on any atom is -0.334 e. The van der Waals surface area contributed by atoms with Crippen molar-refractivity contribution in [3.05, 3.63) is 60.2 Å². The SMILES string of the molecule is CCCCCCCCCn1c(CN(C)C(=O)c2cccnc2)nc2ccccc21. The number of carbonyl (C=O) groups excluding carboxylic acids is 1. The maximum absolute atomic E-state index is 12.7. The van der Waals surface area contributed by atoms with Gasteiger partial charge in [0.2, 0.25) is 0 Å². The average molecular weight is 393 g/mol. The normalized spacial score (nSPS) is 11.1. The lowest BCUT2D eigenvalue weighted by Gasteiger charge is -2.18. The summed E-state index contributed by atoms with van der Waals surface area (Å²) in [5.74, 6) is 0.907. The van der Waals surface area contributed by atoms with Crippen LogP contribution < -0.4 is 0 Å². The van der Waals surface area contributed by atoms with Gasteiger partial charge in [0.05, 0.1) is 23.1 Å². The summed E-state index contributed by atoms with van der Waals surface area (Å²) >= 11 is 0. The summed E-state index contributed by atoms with van der Waals surface area (Å²) < 4.78 is 2.29. The van der Waals surface area contributed by atoms with E-state index in [2.05, 4.69) is 28.6 Å². The molecule has 0 aliphatic carbocycles. The summed E-state index contributed by atoms with van der Waals surface area (Å²) in [5, 5.41) is 0. The fourth-order valence-corrected chi connectivity index (χ4v) is 3.72. The summed E-state index contributed by atoms with van der Waals surface area (Å²) in [6, 6.07) is 11.8. The van der Waals surface area contributed by atoms with Crippen LogP contribution in [0.3, 0.4) is 0 Å². The zero-order valence-corrected chi connectivity index (χ0v) is 17.7. The average Bonchev–Trinajstić information content (AvgIpc) is 3.10. The van der Waals surface area contributed by atoms with Crippen LogP contribution in [0.25, 0.3) is 11.0 Å². The molecule has 0 saturated heterocycles. The van der Waals surface area contributed by atoms with Crippen LogP contribution in [0, 0.1) is 0 Å². The third-order valence-corrected chi connectivity index (χ3v) is 5.35. The highest BCUT2D eigenvalue weighted by Gasteiger charge is 2.17. The molecule has 5 nitrogen and oxygen atoms in total. The third kappa shape index (κ3) is 5.66. The molecule has 0 fully saturated rings. The molecule has 0 aliphatic heterocycles. The molecule has 0 unspecified atom stereocenters. The molecule has 3 aromatic rings. The van der Waals surface area contributed by atoms with E-state index in [1.165, 1.54) is 38.5 Å². The van der Waals surface area contributed by atoms with Gasteiger partial charge in [-0.3, -0.25) is 9.78 Å². The van der Waals surface area contributed by atoms with Crippen LogP contribution in [0.4, 0.5) is 0 Å². The fourth-order valence-electron chi connectivity index (χ4n) is 3.72. The lowest BCUT2D eigenvalue weighted by atomic mass is 10.1. The van der Waals surface area contributed by atoms with Crippen LogP contribution in [0.5, 0.6) is 0 Å². The Balaban J connectivity index is 1.67. The molecule has 154 valence electrons. The van der Waals surface area contributed by atoms with Crippen molar-refractivity contribution in [1.29, 1.82) is 0 Å². The molecule has 29 heavy (non-hydrogen) atoms. The number of imidazole rings is 1. The molecule has 0 spiro atoms. The number of benzene rings is 1. The molecule has 2 heterocycles. The predicted molar refractivity (Wildman–Crippen MR) is 118 cm³/mol. The molecule has 0 saturated carbocycles. The number of nitrogens with zero attached hydrogens (tertiary/aromatic N) is 4. The van der Waals surface area contributed by atoms with Crippen LogP contribution in [-0.2, 0) is 13.1 Å². The number of aryl methyl sites for hydroxylation is 1. The largest absolute Gasteiger partial charge is 0.334 e. The Labute approximate surface area is 173 Å². The smallest absolute Gasteiger partial charge is 0.255 e. The van der Waals surface area contributed by atoms with E-state index >= 15 is 0 Å². The Morgan fingerprint density at radius 2 is 1.76 bits per heavy atom. The Hall–Kier alpha value is -2.69. The van der Waals surface area contributed by atoms with Gasteiger partial charge in [-0.25, -0.2) is 4.98 Å². The van der Waals surface area contributed by atoms with Crippen molar-refractivity contribution in [3.63, 3.8) is 0 Å². The monoisotopic (exact) mass is 392 g/mol. The van der Waals surface area contributed by atoms with Crippen molar-refractivity contribution in [2.24, 2.45) is 0 Å². The van der Waals surface area contributed by atoms with Gasteiger partial charge in [0, 0.05) is 26.0 Å². The van der Waals surface area contributed by atoms with Crippen molar-refractivity contribution in [2.75, 3.05) is 7.05 Å². The molecular weight excluding hydrogens is 360 g/mol. The van der Waals surface area contributed by atoms with Gasteiger partial charge in [0.25, 0.3) is 5.91 Å². The van der Waals surface area contributed by atoms with E-state index in [1.807, 2.05) is 19.2 Å². The van der Waals surface area contributed by atoms with Gasteiger partial charge in [0.1, 0.15) is 5.82 Å². The second-order valence-electron chi connectivity index (χ2n) is 7.69. The molecule has 2 aromatic heterocycles. The number of unbranched alkanes of at least 4 members (excludes halogenated alkanes) is 6. The molecule has 0 bridgehead atoms. The molecule has 3 rings (SSSR count). The van der Waals surface area contributed by atoms with E-state index in [0.717, 1.165) is 29.8 Å². The number of hydrogen-bond acceptors (Lipinski definition) is 3. The van der Waals surface area contributed by atoms with E-state index in [1.54, 1.807) is 29.4 Å². The number of hydrogen-bond donors (Lipinski definition) is 0. The lowest BCUT2D eigenvalue weighted by Crippen LogP contribution is -2.27. The Morgan fingerprint density at radius 1 is 1.00 bits per heavy atom. The maximum atomic E-state index is 12.7. The van der Waals surface area contributed by atoms with Gasteiger partial charge in [-0.05, 0) is 30.7 Å². The zero-order valence-electron chi connectivity index (χ0n) is 17.7. The second-order valence-corrected chi connectivity index (χ2v) is 7.69. The molecule has 0 N–H and O–H groups in total. The summed E-state index contributed by atoms with van der Waals surface area (Å²) in [4.78, 5) is 23.3. The highest BCUT2D eigenvalue weighted by atomic mass is 16.2. The number of para-hydroxylation sites is 2. The van der Waals surface area contributed by atoms with Crippen LogP contribution in [0.15, 0.2) is 48.8 Å². The van der Waals surface area contributed by atoms with Crippen molar-refractivity contribution in [3.8, 4) is 0 Å². The van der Waals surface area contributed by atoms with E-state index in [0.29, 0.717) is 12.1 Å². The molecule has 1 amide bonds. The standard InChI is InChI=1S/C24H32N4O/c1-3-4-5-6-7-8-11-17-28-22-15-10-9-14-21(22)26-23(28)19-27(2)24(29)20-13-12-16-25-18-20/h9-10,12-16,18H,3-8,11,17,19H2,1-2H3. The van der Waals surface area contributed by atoms with Crippen LogP contribution in [0.2, 0.25) is 0 Å². The number of carbonyl (C=O) groups is 1. The first-order valence-electron chi connectivity index (χ1n) is 10.8. The van der Waals surface area contributed by atoms with E-state index in [4.69, 9.17) is 4.98 Å². The molecular formula is C24H32N4O. The number of amides is 1. The van der Waals surface area contributed by atoms with Crippen molar-refractivity contribution >= 4 is 16.9 Å². The van der Waals surface area contributed by atoms with Gasteiger partial charge in [0.15, 0.2) is 0 Å².